The molecule has 1 N–H and O–H groups in total. The van der Waals surface area contributed by atoms with Crippen LogP contribution in [0, 0.1) is 11.3 Å². The quantitative estimate of drug-likeness (QED) is 0.710. The third-order valence-electron chi connectivity index (χ3n) is 3.45. The fourth-order valence-corrected chi connectivity index (χ4v) is 2.38. The predicted octanol–water partition coefficient (Wildman–Crippen LogP) is 3.91. The SMILES string of the molecule is CC(=O)c1ccc(-c2ccc3[nH]ccc3c2C#N)cc1. The Labute approximate surface area is 116 Å². The van der Waals surface area contributed by atoms with Crippen LogP contribution in [0.2, 0.25) is 0 Å². The van der Waals surface area contributed by atoms with Crippen LogP contribution in [0.3, 0.4) is 0 Å². The maximum Gasteiger partial charge on any atom is 0.159 e. The van der Waals surface area contributed by atoms with Crippen LogP contribution in [0.5, 0.6) is 0 Å². The highest BCUT2D eigenvalue weighted by Gasteiger charge is 2.10. The maximum absolute atomic E-state index is 11.3. The first kappa shape index (κ1) is 12.2. The van der Waals surface area contributed by atoms with E-state index in [1.807, 2.05) is 36.5 Å². The summed E-state index contributed by atoms with van der Waals surface area (Å²) in [5.41, 5.74) is 4.10. The second-order valence-electron chi connectivity index (χ2n) is 4.67. The van der Waals surface area contributed by atoms with Crippen LogP contribution >= 0.6 is 0 Å². The summed E-state index contributed by atoms with van der Waals surface area (Å²) in [5.74, 6) is 0.0399. The second-order valence-corrected chi connectivity index (χ2v) is 4.67. The smallest absolute Gasteiger partial charge is 0.159 e. The first-order valence-electron chi connectivity index (χ1n) is 6.32. The summed E-state index contributed by atoms with van der Waals surface area (Å²) in [6.07, 6.45) is 1.83. The number of rotatable bonds is 2. The Hall–Kier alpha value is -2.86. The van der Waals surface area contributed by atoms with Gasteiger partial charge in [0, 0.05) is 28.2 Å². The minimum atomic E-state index is 0.0399. The van der Waals surface area contributed by atoms with E-state index in [1.165, 1.54) is 0 Å². The number of nitrogens with zero attached hydrogens (tertiary/aromatic N) is 1. The van der Waals surface area contributed by atoms with Crippen molar-refractivity contribution in [2.45, 2.75) is 6.92 Å². The number of hydrogen-bond acceptors (Lipinski definition) is 2. The molecule has 0 atom stereocenters. The number of carbonyl (C=O) groups excluding carboxylic acids is 1. The van der Waals surface area contributed by atoms with Crippen LogP contribution in [0.15, 0.2) is 48.7 Å². The molecule has 1 heterocycles. The molecule has 0 spiro atoms. The van der Waals surface area contributed by atoms with E-state index in [2.05, 4.69) is 11.1 Å². The van der Waals surface area contributed by atoms with E-state index < -0.39 is 0 Å². The van der Waals surface area contributed by atoms with E-state index in [0.717, 1.165) is 22.0 Å². The summed E-state index contributed by atoms with van der Waals surface area (Å²) in [6.45, 7) is 1.54. The number of nitrogens with one attached hydrogen (secondary N) is 1. The molecule has 0 amide bonds. The molecule has 0 aliphatic rings. The molecule has 0 fully saturated rings. The molecule has 3 rings (SSSR count). The van der Waals surface area contributed by atoms with Gasteiger partial charge in [-0.2, -0.15) is 5.26 Å². The Morgan fingerprint density at radius 3 is 2.50 bits per heavy atom. The molecular weight excluding hydrogens is 248 g/mol. The van der Waals surface area contributed by atoms with Gasteiger partial charge in [0.2, 0.25) is 0 Å². The van der Waals surface area contributed by atoms with Gasteiger partial charge in [0.1, 0.15) is 6.07 Å². The van der Waals surface area contributed by atoms with E-state index in [1.54, 1.807) is 19.1 Å². The Morgan fingerprint density at radius 2 is 1.85 bits per heavy atom. The monoisotopic (exact) mass is 260 g/mol. The van der Waals surface area contributed by atoms with Gasteiger partial charge in [-0.25, -0.2) is 0 Å². The highest BCUT2D eigenvalue weighted by Crippen LogP contribution is 2.29. The van der Waals surface area contributed by atoms with Crippen molar-refractivity contribution in [3.63, 3.8) is 0 Å². The summed E-state index contributed by atoms with van der Waals surface area (Å²) in [4.78, 5) is 14.4. The van der Waals surface area contributed by atoms with Crippen LogP contribution in [0.1, 0.15) is 22.8 Å². The number of benzene rings is 2. The van der Waals surface area contributed by atoms with E-state index in [0.29, 0.717) is 11.1 Å². The first-order chi connectivity index (χ1) is 9.70. The molecule has 96 valence electrons. The number of Topliss-reactive ketones (excluding diaryl/α,β-unsaturated/α-hetero) is 1. The van der Waals surface area contributed by atoms with Gasteiger partial charge in [-0.05, 0) is 24.6 Å². The van der Waals surface area contributed by atoms with Crippen molar-refractivity contribution in [2.24, 2.45) is 0 Å². The van der Waals surface area contributed by atoms with Gasteiger partial charge in [0.15, 0.2) is 5.78 Å². The number of H-pyrrole nitrogens is 1. The van der Waals surface area contributed by atoms with Gasteiger partial charge >= 0.3 is 0 Å². The lowest BCUT2D eigenvalue weighted by molar-refractivity contribution is 0.101. The van der Waals surface area contributed by atoms with E-state index in [-0.39, 0.29) is 5.78 Å². The van der Waals surface area contributed by atoms with Crippen molar-refractivity contribution in [2.75, 3.05) is 0 Å². The first-order valence-corrected chi connectivity index (χ1v) is 6.32. The van der Waals surface area contributed by atoms with Crippen molar-refractivity contribution in [1.82, 2.24) is 4.98 Å². The number of hydrogen-bond donors (Lipinski definition) is 1. The molecule has 0 unspecified atom stereocenters. The number of aromatic amines is 1. The van der Waals surface area contributed by atoms with Crippen LogP contribution in [0.25, 0.3) is 22.0 Å². The molecule has 20 heavy (non-hydrogen) atoms. The van der Waals surface area contributed by atoms with Crippen molar-refractivity contribution in [1.29, 1.82) is 5.26 Å². The number of fused-ring (bicyclic) bond motifs is 1. The van der Waals surface area contributed by atoms with E-state index in [4.69, 9.17) is 0 Å². The van der Waals surface area contributed by atoms with Crippen molar-refractivity contribution in [3.05, 3.63) is 59.8 Å². The molecule has 0 saturated heterocycles. The molecule has 3 nitrogen and oxygen atoms in total. The van der Waals surface area contributed by atoms with Crippen LogP contribution < -0.4 is 0 Å². The van der Waals surface area contributed by atoms with Crippen molar-refractivity contribution < 1.29 is 4.79 Å². The summed E-state index contributed by atoms with van der Waals surface area (Å²) in [6, 6.07) is 15.4. The lowest BCUT2D eigenvalue weighted by atomic mass is 9.96. The minimum Gasteiger partial charge on any atom is -0.361 e. The van der Waals surface area contributed by atoms with Crippen LogP contribution in [-0.2, 0) is 0 Å². The fraction of sp³-hybridized carbons (Fsp3) is 0.0588. The van der Waals surface area contributed by atoms with Gasteiger partial charge in [-0.1, -0.05) is 30.3 Å². The number of ketones is 1. The normalized spacial score (nSPS) is 10.4. The molecule has 0 bridgehead atoms. The summed E-state index contributed by atoms with van der Waals surface area (Å²) in [5, 5.41) is 10.3. The third-order valence-corrected chi connectivity index (χ3v) is 3.45. The van der Waals surface area contributed by atoms with Crippen molar-refractivity contribution >= 4 is 16.7 Å². The maximum atomic E-state index is 11.3. The number of nitriles is 1. The molecule has 3 heteroatoms. The zero-order valence-electron chi connectivity index (χ0n) is 11.0. The topological polar surface area (TPSA) is 56.6 Å². The second kappa shape index (κ2) is 4.67. The Kier molecular flexibility index (Phi) is 2.85. The molecule has 3 aromatic rings. The highest BCUT2D eigenvalue weighted by atomic mass is 16.1. The highest BCUT2D eigenvalue weighted by molar-refractivity contribution is 5.96. The summed E-state index contributed by atoms with van der Waals surface area (Å²) < 4.78 is 0. The van der Waals surface area contributed by atoms with Gasteiger partial charge < -0.3 is 4.98 Å². The van der Waals surface area contributed by atoms with E-state index >= 15 is 0 Å². The zero-order chi connectivity index (χ0) is 14.1. The number of carbonyl (C=O) groups is 1. The van der Waals surface area contributed by atoms with Crippen LogP contribution in [-0.4, -0.2) is 10.8 Å². The molecule has 0 saturated carbocycles. The lowest BCUT2D eigenvalue weighted by Crippen LogP contribution is -1.92. The lowest BCUT2D eigenvalue weighted by Gasteiger charge is -2.06. The Balaban J connectivity index is 2.19. The molecule has 0 radical (unpaired) electrons. The minimum absolute atomic E-state index is 0.0399. The Morgan fingerprint density at radius 1 is 1.10 bits per heavy atom. The van der Waals surface area contributed by atoms with Gasteiger partial charge in [-0.15, -0.1) is 0 Å². The summed E-state index contributed by atoms with van der Waals surface area (Å²) in [7, 11) is 0. The molecule has 1 aromatic heterocycles. The van der Waals surface area contributed by atoms with Gasteiger partial charge in [0.25, 0.3) is 0 Å². The average Bonchev–Trinajstić information content (AvgIpc) is 2.94. The molecule has 0 aliphatic heterocycles. The van der Waals surface area contributed by atoms with Crippen molar-refractivity contribution in [3.8, 4) is 17.2 Å². The van der Waals surface area contributed by atoms with Gasteiger partial charge in [0.05, 0.1) is 5.56 Å². The van der Waals surface area contributed by atoms with E-state index in [9.17, 15) is 10.1 Å². The summed E-state index contributed by atoms with van der Waals surface area (Å²) >= 11 is 0. The fourth-order valence-electron chi connectivity index (χ4n) is 2.38. The molecule has 2 aromatic carbocycles. The number of aromatic nitrogens is 1. The molecular formula is C17H12N2O. The molecule has 0 aliphatic carbocycles. The Bertz CT molecular complexity index is 836. The van der Waals surface area contributed by atoms with Gasteiger partial charge in [-0.3, -0.25) is 4.79 Å². The largest absolute Gasteiger partial charge is 0.361 e. The average molecular weight is 260 g/mol. The standard InChI is InChI=1S/C17H12N2O/c1-11(20)12-2-4-13(5-3-12)14-6-7-17-15(8-9-19-17)16(14)10-18/h2-9,19H,1H3. The zero-order valence-corrected chi connectivity index (χ0v) is 11.0. The van der Waals surface area contributed by atoms with Crippen LogP contribution in [0.4, 0.5) is 0 Å². The third kappa shape index (κ3) is 1.88. The predicted molar refractivity (Wildman–Crippen MR) is 78.5 cm³/mol.